The highest BCUT2D eigenvalue weighted by atomic mass is 79.9. The van der Waals surface area contributed by atoms with Crippen LogP contribution in [0.3, 0.4) is 0 Å². The molecule has 4 aliphatic carbocycles. The highest BCUT2D eigenvalue weighted by Crippen LogP contribution is 2.55. The van der Waals surface area contributed by atoms with E-state index in [1.807, 2.05) is 0 Å². The zero-order valence-electron chi connectivity index (χ0n) is 59.3. The molecule has 0 N–H and O–H groups in total. The van der Waals surface area contributed by atoms with E-state index in [0.29, 0.717) is 0 Å². The molecular weight excluding hydrogens is 1330 g/mol. The minimum Gasteiger partial charge on any atom is -0.310 e. The van der Waals surface area contributed by atoms with Crippen molar-refractivity contribution in [2.75, 3.05) is 4.90 Å². The second-order valence-corrected chi connectivity index (χ2v) is 30.0. The van der Waals surface area contributed by atoms with Gasteiger partial charge in [0.1, 0.15) is 0 Å². The van der Waals surface area contributed by atoms with Crippen molar-refractivity contribution in [1.82, 2.24) is 0 Å². The van der Waals surface area contributed by atoms with Gasteiger partial charge in [-0.2, -0.15) is 0 Å². The molecule has 0 aliphatic heterocycles. The Labute approximate surface area is 625 Å². The number of nitrogens with zero attached hydrogens (tertiary/aromatic N) is 1. The van der Waals surface area contributed by atoms with E-state index in [4.69, 9.17) is 0 Å². The summed E-state index contributed by atoms with van der Waals surface area (Å²) in [4.78, 5) is 2.44. The Kier molecular flexibility index (Phi) is 16.6. The van der Waals surface area contributed by atoms with Crippen LogP contribution in [-0.4, -0.2) is 0 Å². The van der Waals surface area contributed by atoms with Gasteiger partial charge in [0, 0.05) is 32.4 Å². The first-order chi connectivity index (χ1) is 51.5. The van der Waals surface area contributed by atoms with Crippen molar-refractivity contribution in [3.05, 3.63) is 414 Å². The molecule has 0 saturated carbocycles. The number of hydrogen-bond donors (Lipinski definition) is 0. The minimum absolute atomic E-state index is 0.0686. The van der Waals surface area contributed by atoms with Crippen LogP contribution < -0.4 is 4.90 Å². The van der Waals surface area contributed by atoms with Crippen LogP contribution in [0.5, 0.6) is 0 Å². The van der Waals surface area contributed by atoms with Crippen molar-refractivity contribution >= 4 is 33.0 Å². The Morgan fingerprint density at radius 2 is 0.467 bits per heavy atom. The van der Waals surface area contributed by atoms with Gasteiger partial charge in [-0.1, -0.05) is 371 Å². The molecule has 0 amide bonds. The van der Waals surface area contributed by atoms with Crippen molar-refractivity contribution in [2.45, 2.75) is 44.9 Å². The molecule has 1 nitrogen and oxygen atoms in total. The standard InChI is InChI=1S/C51H37N.C28H24.C24H15Br/c1-51(2)49-23-13-12-22-46(49)47-31-29-38(33-50(47)51)52(36-26-24-35(25-27-36)34-14-4-3-5-15-34)37-28-30-45-43-20-9-8-18-41(43)39-16-6-7-17-40(39)42-19-10-11-21-44(42)48(45)32-37;1-28(2)26-11-7-6-10-24(26)25-17-14-21(19-27(25)28)18-20-12-15-23(16-13-20)22-8-4-3-5-9-22;25-16-13-14-23-21-11-4-3-9-19(21)17-7-1-2-8-18(17)20-10-5-6-12-22(20)24(23)15-16/h3-33H,1-2H3;3-17,19H,18H2,1-2H3;1-15H. The van der Waals surface area contributed by atoms with Gasteiger partial charge in [0.25, 0.3) is 0 Å². The van der Waals surface area contributed by atoms with Gasteiger partial charge < -0.3 is 4.90 Å². The Morgan fingerprint density at radius 3 is 0.886 bits per heavy atom. The maximum atomic E-state index is 3.66. The summed E-state index contributed by atoms with van der Waals surface area (Å²) in [5, 5.41) is 0. The quantitative estimate of drug-likeness (QED) is 0.154. The van der Waals surface area contributed by atoms with Crippen LogP contribution >= 0.6 is 15.9 Å². The van der Waals surface area contributed by atoms with E-state index in [9.17, 15) is 0 Å². The average molecular weight is 1410 g/mol. The zero-order valence-corrected chi connectivity index (χ0v) is 60.9. The number of hydrogen-bond acceptors (Lipinski definition) is 1. The summed E-state index contributed by atoms with van der Waals surface area (Å²) >= 11 is 3.66. The normalized spacial score (nSPS) is 12.8. The van der Waals surface area contributed by atoms with Crippen molar-refractivity contribution in [2.24, 2.45) is 0 Å². The van der Waals surface area contributed by atoms with E-state index < -0.39 is 0 Å². The van der Waals surface area contributed by atoms with Crippen LogP contribution in [0.15, 0.2) is 381 Å². The molecular formula is C103H76BrN. The van der Waals surface area contributed by atoms with Gasteiger partial charge in [-0.3, -0.25) is 0 Å². The summed E-state index contributed by atoms with van der Waals surface area (Å²) in [6, 6.07) is 137. The lowest BCUT2D eigenvalue weighted by Crippen LogP contribution is -2.16. The molecule has 0 spiro atoms. The first-order valence-corrected chi connectivity index (χ1v) is 37.4. The molecule has 20 rings (SSSR count). The summed E-state index contributed by atoms with van der Waals surface area (Å²) in [5.74, 6) is 0. The molecule has 0 radical (unpaired) electrons. The van der Waals surface area contributed by atoms with E-state index in [2.05, 4.69) is 425 Å². The zero-order chi connectivity index (χ0) is 70.8. The number of anilines is 3. The van der Waals surface area contributed by atoms with Gasteiger partial charge in [0.15, 0.2) is 0 Å². The summed E-state index contributed by atoms with van der Waals surface area (Å²) < 4.78 is 1.10. The molecule has 2 heteroatoms. The fourth-order valence-corrected chi connectivity index (χ4v) is 17.4. The van der Waals surface area contributed by atoms with Crippen molar-refractivity contribution < 1.29 is 0 Å². The van der Waals surface area contributed by atoms with Gasteiger partial charge in [-0.15, -0.1) is 0 Å². The van der Waals surface area contributed by atoms with E-state index in [1.54, 1.807) is 0 Å². The number of fused-ring (bicyclic) bond motifs is 22. The SMILES string of the molecule is Brc1ccc2c(c1)-c1ccccc1-c1ccccc1-c1ccccc1-2.CC1(C)c2ccccc2-c2ccc(Cc3ccc(-c4ccccc4)cc3)cc21.CC1(C)c2ccccc2-c2ccc(N(c3ccc(-c4ccccc4)cc3)c3ccc4c(c3)-c3ccccc3-c3ccccc3-c3ccccc3-4)cc21. The predicted molar refractivity (Wildman–Crippen MR) is 448 cm³/mol. The van der Waals surface area contributed by atoms with Crippen LogP contribution in [0.25, 0.3) is 134 Å². The van der Waals surface area contributed by atoms with E-state index >= 15 is 0 Å². The smallest absolute Gasteiger partial charge is 0.0468 e. The molecule has 0 atom stereocenters. The Bertz CT molecular complexity index is 5990. The van der Waals surface area contributed by atoms with Crippen molar-refractivity contribution in [3.63, 3.8) is 0 Å². The summed E-state index contributed by atoms with van der Waals surface area (Å²) in [6.45, 7) is 9.41. The maximum Gasteiger partial charge on any atom is 0.0468 e. The predicted octanol–water partition coefficient (Wildman–Crippen LogP) is 28.8. The molecule has 0 heterocycles. The third-order valence-electron chi connectivity index (χ3n) is 22.3. The lowest BCUT2D eigenvalue weighted by molar-refractivity contribution is 0.659. The minimum atomic E-state index is -0.104. The molecule has 500 valence electrons. The molecule has 0 unspecified atom stereocenters. The summed E-state index contributed by atoms with van der Waals surface area (Å²) in [7, 11) is 0. The second-order valence-electron chi connectivity index (χ2n) is 29.1. The number of halogens is 1. The maximum absolute atomic E-state index is 3.66. The molecule has 16 aromatic rings. The highest BCUT2D eigenvalue weighted by molar-refractivity contribution is 9.10. The molecule has 4 aliphatic rings. The molecule has 0 fully saturated rings. The first-order valence-electron chi connectivity index (χ1n) is 36.6. The van der Waals surface area contributed by atoms with Gasteiger partial charge >= 0.3 is 0 Å². The Morgan fingerprint density at radius 1 is 0.200 bits per heavy atom. The third kappa shape index (κ3) is 11.7. The summed E-state index contributed by atoms with van der Waals surface area (Å²) in [6.07, 6.45) is 0.967. The van der Waals surface area contributed by atoms with Crippen LogP contribution in [0.2, 0.25) is 0 Å². The van der Waals surface area contributed by atoms with Crippen molar-refractivity contribution in [1.29, 1.82) is 0 Å². The van der Waals surface area contributed by atoms with Gasteiger partial charge in [-0.05, 0) is 222 Å². The van der Waals surface area contributed by atoms with Gasteiger partial charge in [0.2, 0.25) is 0 Å². The van der Waals surface area contributed by atoms with Gasteiger partial charge in [0.05, 0.1) is 0 Å². The van der Waals surface area contributed by atoms with Crippen LogP contribution in [0.4, 0.5) is 17.1 Å². The number of benzene rings is 16. The molecule has 16 aromatic carbocycles. The van der Waals surface area contributed by atoms with E-state index in [0.717, 1.165) is 28.0 Å². The highest BCUT2D eigenvalue weighted by Gasteiger charge is 2.37. The van der Waals surface area contributed by atoms with Crippen LogP contribution in [0, 0.1) is 0 Å². The average Bonchev–Trinajstić information content (AvgIpc) is 1.68. The lowest BCUT2D eigenvalue weighted by Gasteiger charge is -2.30. The van der Waals surface area contributed by atoms with E-state index in [-0.39, 0.29) is 10.8 Å². The second kappa shape index (κ2) is 26.9. The fourth-order valence-electron chi connectivity index (χ4n) is 17.1. The van der Waals surface area contributed by atoms with Crippen LogP contribution in [-0.2, 0) is 17.3 Å². The third-order valence-corrected chi connectivity index (χ3v) is 22.8. The first kappa shape index (κ1) is 64.9. The summed E-state index contributed by atoms with van der Waals surface area (Å²) in [5.41, 5.74) is 42.4. The molecule has 105 heavy (non-hydrogen) atoms. The van der Waals surface area contributed by atoms with Crippen molar-refractivity contribution in [3.8, 4) is 134 Å². The molecule has 0 bridgehead atoms. The van der Waals surface area contributed by atoms with Crippen LogP contribution in [0.1, 0.15) is 61.1 Å². The molecule has 0 saturated heterocycles. The Balaban J connectivity index is 0.000000124. The topological polar surface area (TPSA) is 3.24 Å². The fraction of sp³-hybridized carbons (Fsp3) is 0.0680. The van der Waals surface area contributed by atoms with E-state index in [1.165, 1.54) is 167 Å². The number of rotatable bonds is 7. The lowest BCUT2D eigenvalue weighted by atomic mass is 9.80. The monoisotopic (exact) mass is 1410 g/mol. The van der Waals surface area contributed by atoms with Gasteiger partial charge in [-0.25, -0.2) is 0 Å². The Hall–Kier alpha value is -12.2. The molecule has 0 aromatic heterocycles. The largest absolute Gasteiger partial charge is 0.310 e.